The normalized spacial score (nSPS) is 24.8. The fraction of sp³-hybridized carbons (Fsp3) is 0.643. The van der Waals surface area contributed by atoms with Crippen molar-refractivity contribution in [1.29, 1.82) is 0 Å². The van der Waals surface area contributed by atoms with Crippen molar-refractivity contribution in [1.82, 2.24) is 4.98 Å². The van der Waals surface area contributed by atoms with Crippen molar-refractivity contribution in [3.8, 4) is 0 Å². The molecule has 1 aromatic heterocycles. The summed E-state index contributed by atoms with van der Waals surface area (Å²) in [5.41, 5.74) is 1.23. The highest BCUT2D eigenvalue weighted by atomic mass is 35.5. The van der Waals surface area contributed by atoms with Gasteiger partial charge in [0, 0.05) is 17.6 Å². The Labute approximate surface area is 124 Å². The maximum atomic E-state index is 6.17. The van der Waals surface area contributed by atoms with Crippen molar-refractivity contribution >= 4 is 24.2 Å². The number of pyridine rings is 1. The predicted molar refractivity (Wildman–Crippen MR) is 78.5 cm³/mol. The Morgan fingerprint density at radius 1 is 1.20 bits per heavy atom. The van der Waals surface area contributed by atoms with Crippen molar-refractivity contribution in [2.75, 3.05) is 13.2 Å². The number of hydrogen-bond donors (Lipinski definition) is 0. The Balaban J connectivity index is 1.88. The second-order valence-corrected chi connectivity index (χ2v) is 6.83. The molecule has 0 bridgehead atoms. The molecule has 108 valence electrons. The van der Waals surface area contributed by atoms with E-state index in [1.54, 1.807) is 6.20 Å². The fourth-order valence-corrected chi connectivity index (χ4v) is 2.55. The smallest absolute Gasteiger partial charge is 0.399 e. The molecule has 2 aliphatic heterocycles. The van der Waals surface area contributed by atoms with E-state index in [9.17, 15) is 0 Å². The lowest BCUT2D eigenvalue weighted by Gasteiger charge is -2.32. The second kappa shape index (κ2) is 4.70. The molecule has 0 radical (unpaired) electrons. The van der Waals surface area contributed by atoms with Crippen LogP contribution in [-0.2, 0) is 14.0 Å². The highest BCUT2D eigenvalue weighted by Gasteiger charge is 2.52. The predicted octanol–water partition coefficient (Wildman–Crippen LogP) is 2.15. The van der Waals surface area contributed by atoms with Gasteiger partial charge in [-0.05, 0) is 33.3 Å². The summed E-state index contributed by atoms with van der Waals surface area (Å²) in [7, 11) is -0.399. The van der Waals surface area contributed by atoms with Crippen molar-refractivity contribution < 1.29 is 14.0 Å². The largest absolute Gasteiger partial charge is 0.496 e. The molecular formula is C14H19BClNO3. The van der Waals surface area contributed by atoms with Crippen LogP contribution in [-0.4, -0.2) is 36.5 Å². The number of aromatic nitrogens is 1. The third-order valence-corrected chi connectivity index (χ3v) is 4.81. The van der Waals surface area contributed by atoms with Gasteiger partial charge >= 0.3 is 7.12 Å². The van der Waals surface area contributed by atoms with Gasteiger partial charge in [0.25, 0.3) is 0 Å². The Morgan fingerprint density at radius 3 is 2.30 bits per heavy atom. The molecule has 2 saturated heterocycles. The molecule has 0 aromatic carbocycles. The first-order valence-electron chi connectivity index (χ1n) is 6.89. The van der Waals surface area contributed by atoms with Crippen molar-refractivity contribution in [3.05, 3.63) is 23.0 Å². The minimum Gasteiger partial charge on any atom is -0.399 e. The van der Waals surface area contributed by atoms with E-state index in [0.717, 1.165) is 11.0 Å². The molecular weight excluding hydrogens is 276 g/mol. The monoisotopic (exact) mass is 295 g/mol. The molecule has 2 aliphatic rings. The standard InChI is InChI=1S/C14H19BClNO3/c1-13(2)14(3,4)20-15(19-13)10-5-11(9-7-18-8-9)12(16)17-6-10/h5-6,9H,7-8H2,1-4H3. The van der Waals surface area contributed by atoms with Crippen LogP contribution in [0.25, 0.3) is 0 Å². The first-order valence-corrected chi connectivity index (χ1v) is 7.27. The Bertz CT molecular complexity index is 515. The molecule has 0 spiro atoms. The average molecular weight is 296 g/mol. The van der Waals surface area contributed by atoms with Gasteiger partial charge in [-0.1, -0.05) is 17.7 Å². The molecule has 0 atom stereocenters. The Kier molecular flexibility index (Phi) is 3.37. The molecule has 3 heterocycles. The Morgan fingerprint density at radius 2 is 1.80 bits per heavy atom. The molecule has 0 saturated carbocycles. The zero-order chi connectivity index (χ0) is 14.5. The minimum absolute atomic E-state index is 0.331. The summed E-state index contributed by atoms with van der Waals surface area (Å²) in [5.74, 6) is 0.331. The summed E-state index contributed by atoms with van der Waals surface area (Å²) in [6.45, 7) is 9.56. The first-order chi connectivity index (χ1) is 9.30. The van der Waals surface area contributed by atoms with Crippen LogP contribution in [0, 0.1) is 0 Å². The van der Waals surface area contributed by atoms with Crippen LogP contribution in [0.4, 0.5) is 0 Å². The van der Waals surface area contributed by atoms with Gasteiger partial charge in [-0.2, -0.15) is 0 Å². The van der Waals surface area contributed by atoms with E-state index in [1.807, 2.05) is 33.8 Å². The average Bonchev–Trinajstić information content (AvgIpc) is 2.49. The van der Waals surface area contributed by atoms with E-state index in [-0.39, 0.29) is 11.2 Å². The van der Waals surface area contributed by atoms with Crippen LogP contribution >= 0.6 is 11.6 Å². The van der Waals surface area contributed by atoms with E-state index in [1.165, 1.54) is 0 Å². The van der Waals surface area contributed by atoms with Gasteiger partial charge in [0.05, 0.1) is 24.4 Å². The molecule has 4 nitrogen and oxygen atoms in total. The number of halogens is 1. The highest BCUT2D eigenvalue weighted by molar-refractivity contribution is 6.62. The number of ether oxygens (including phenoxy) is 1. The maximum absolute atomic E-state index is 6.17. The zero-order valence-electron chi connectivity index (χ0n) is 12.3. The summed E-state index contributed by atoms with van der Waals surface area (Å²) in [6, 6.07) is 2.03. The minimum atomic E-state index is -0.399. The summed E-state index contributed by atoms with van der Waals surface area (Å²) in [5, 5.41) is 0.540. The summed E-state index contributed by atoms with van der Waals surface area (Å²) < 4.78 is 17.3. The zero-order valence-corrected chi connectivity index (χ0v) is 13.0. The lowest BCUT2D eigenvalue weighted by Crippen LogP contribution is -2.41. The molecule has 2 fully saturated rings. The van der Waals surface area contributed by atoms with Crippen LogP contribution in [0.1, 0.15) is 39.2 Å². The Hall–Kier alpha value is -0.615. The SMILES string of the molecule is CC1(C)OB(c2cnc(Cl)c(C3COC3)c2)OC1(C)C. The van der Waals surface area contributed by atoms with E-state index in [2.05, 4.69) is 4.98 Å². The third-order valence-electron chi connectivity index (χ3n) is 4.49. The molecule has 0 N–H and O–H groups in total. The third kappa shape index (κ3) is 2.27. The number of hydrogen-bond acceptors (Lipinski definition) is 4. The highest BCUT2D eigenvalue weighted by Crippen LogP contribution is 2.37. The van der Waals surface area contributed by atoms with Crippen LogP contribution in [0.3, 0.4) is 0 Å². The van der Waals surface area contributed by atoms with E-state index >= 15 is 0 Å². The van der Waals surface area contributed by atoms with E-state index in [4.69, 9.17) is 25.6 Å². The first kappa shape index (κ1) is 14.3. The van der Waals surface area contributed by atoms with Crippen molar-refractivity contribution in [2.45, 2.75) is 44.8 Å². The fourth-order valence-electron chi connectivity index (χ4n) is 2.29. The van der Waals surface area contributed by atoms with Gasteiger partial charge in [0.1, 0.15) is 5.15 Å². The second-order valence-electron chi connectivity index (χ2n) is 6.47. The van der Waals surface area contributed by atoms with E-state index < -0.39 is 7.12 Å². The van der Waals surface area contributed by atoms with Crippen LogP contribution in [0.5, 0.6) is 0 Å². The van der Waals surface area contributed by atoms with Crippen LogP contribution in [0.2, 0.25) is 5.15 Å². The molecule has 6 heteroatoms. The number of rotatable bonds is 2. The number of nitrogens with zero attached hydrogens (tertiary/aromatic N) is 1. The lowest BCUT2D eigenvalue weighted by atomic mass is 9.78. The molecule has 0 unspecified atom stereocenters. The van der Waals surface area contributed by atoms with E-state index in [0.29, 0.717) is 24.3 Å². The van der Waals surface area contributed by atoms with Crippen LogP contribution < -0.4 is 5.46 Å². The summed E-state index contributed by atoms with van der Waals surface area (Å²) in [4.78, 5) is 4.27. The van der Waals surface area contributed by atoms with Gasteiger partial charge in [0.15, 0.2) is 0 Å². The molecule has 0 amide bonds. The lowest BCUT2D eigenvalue weighted by molar-refractivity contribution is 0.00578. The van der Waals surface area contributed by atoms with Gasteiger partial charge in [-0.25, -0.2) is 4.98 Å². The van der Waals surface area contributed by atoms with Gasteiger partial charge in [-0.15, -0.1) is 0 Å². The molecule has 3 rings (SSSR count). The maximum Gasteiger partial charge on any atom is 0.496 e. The van der Waals surface area contributed by atoms with Crippen LogP contribution in [0.15, 0.2) is 12.3 Å². The van der Waals surface area contributed by atoms with Crippen molar-refractivity contribution in [2.24, 2.45) is 0 Å². The van der Waals surface area contributed by atoms with Gasteiger partial charge in [-0.3, -0.25) is 0 Å². The molecule has 0 aliphatic carbocycles. The quantitative estimate of drug-likeness (QED) is 0.619. The molecule has 20 heavy (non-hydrogen) atoms. The summed E-state index contributed by atoms with van der Waals surface area (Å²) >= 11 is 6.17. The van der Waals surface area contributed by atoms with Gasteiger partial charge < -0.3 is 14.0 Å². The summed E-state index contributed by atoms with van der Waals surface area (Å²) in [6.07, 6.45) is 1.73. The molecule has 1 aromatic rings. The van der Waals surface area contributed by atoms with Crippen molar-refractivity contribution in [3.63, 3.8) is 0 Å². The van der Waals surface area contributed by atoms with Gasteiger partial charge in [0.2, 0.25) is 0 Å². The topological polar surface area (TPSA) is 40.6 Å².